The number of nitrogens with one attached hydrogen (secondary N) is 2. The van der Waals surface area contributed by atoms with E-state index in [0.29, 0.717) is 48.1 Å². The topological polar surface area (TPSA) is 172 Å². The van der Waals surface area contributed by atoms with E-state index in [-0.39, 0.29) is 30.3 Å². The first-order valence-electron chi connectivity index (χ1n) is 19.3. The summed E-state index contributed by atoms with van der Waals surface area (Å²) in [6.07, 6.45) is 2.05. The number of carbonyl (C=O) groups is 3. The zero-order valence-electron chi connectivity index (χ0n) is 32.7. The Balaban J connectivity index is 0.971. The van der Waals surface area contributed by atoms with Gasteiger partial charge in [-0.1, -0.05) is 79.3 Å². The number of esters is 1. The molecule has 1 aliphatic rings. The molecule has 7 aromatic rings. The van der Waals surface area contributed by atoms with Crippen molar-refractivity contribution in [1.29, 1.82) is 0 Å². The Bertz CT molecular complexity index is 2620. The van der Waals surface area contributed by atoms with Crippen LogP contribution in [0, 0.1) is 0 Å². The van der Waals surface area contributed by atoms with Crippen molar-refractivity contribution in [3.8, 4) is 28.3 Å². The van der Waals surface area contributed by atoms with Crippen LogP contribution in [0.1, 0.15) is 59.2 Å². The molecule has 0 spiro atoms. The standard InChI is InChI=1S/C43H41N9O5S2/c1-4-8-37-45-34(39(42(54)56-5-2)52(37)23-27-11-15-28(16-12-27)31-9-6-7-10-32(31)40-47-49-50-48-40)25-58-30-19-20-33-35(22-30)51(3)38(44-33)24-57-29-17-13-26(14-18-29)21-36-41(53)46-43(55)59-36/h6-7,9-20,22,36H,4-5,8,21,23-25H2,1-3H3,(H,46,53,55)(H,47,48,49,50). The lowest BCUT2D eigenvalue weighted by Gasteiger charge is -2.13. The Kier molecular flexibility index (Phi) is 11.9. The summed E-state index contributed by atoms with van der Waals surface area (Å²) in [4.78, 5) is 48.0. The van der Waals surface area contributed by atoms with Crippen LogP contribution in [0.25, 0.3) is 33.5 Å². The van der Waals surface area contributed by atoms with E-state index in [1.807, 2.05) is 83.8 Å². The number of imidazole rings is 2. The van der Waals surface area contributed by atoms with Crippen molar-refractivity contribution < 1.29 is 23.9 Å². The SMILES string of the molecule is CCCc1nc(CSc2ccc3nc(COc4ccc(CC5SC(=O)NC5=O)cc4)n(C)c3c2)c(C(=O)OCC)n1Cc1ccc(-c2ccccc2-c2nn[nH]n2)cc1. The monoisotopic (exact) mass is 827 g/mol. The maximum Gasteiger partial charge on any atom is 0.356 e. The zero-order valence-corrected chi connectivity index (χ0v) is 34.3. The molecular weight excluding hydrogens is 787 g/mol. The van der Waals surface area contributed by atoms with Crippen molar-refractivity contribution in [3.63, 3.8) is 0 Å². The molecule has 0 saturated carbocycles. The Morgan fingerprint density at radius 2 is 1.69 bits per heavy atom. The van der Waals surface area contributed by atoms with Crippen LogP contribution in [0.3, 0.4) is 0 Å². The van der Waals surface area contributed by atoms with Crippen LogP contribution in [0.5, 0.6) is 5.75 Å². The second-order valence-corrected chi connectivity index (χ2v) is 16.1. The number of imide groups is 1. The third-order valence-corrected chi connectivity index (χ3v) is 12.0. The van der Waals surface area contributed by atoms with Crippen LogP contribution in [0.2, 0.25) is 0 Å². The van der Waals surface area contributed by atoms with Gasteiger partial charge in [0.25, 0.3) is 5.24 Å². The lowest BCUT2D eigenvalue weighted by molar-refractivity contribution is -0.118. The Morgan fingerprint density at radius 1 is 0.915 bits per heavy atom. The van der Waals surface area contributed by atoms with E-state index in [0.717, 1.165) is 73.6 Å². The fourth-order valence-corrected chi connectivity index (χ4v) is 8.77. The molecule has 2 N–H and O–H groups in total. The molecule has 1 unspecified atom stereocenters. The van der Waals surface area contributed by atoms with E-state index >= 15 is 0 Å². The lowest BCUT2D eigenvalue weighted by Crippen LogP contribution is -2.25. The highest BCUT2D eigenvalue weighted by atomic mass is 32.2. The smallest absolute Gasteiger partial charge is 0.356 e. The summed E-state index contributed by atoms with van der Waals surface area (Å²) in [7, 11) is 1.97. The number of aryl methyl sites for hydroxylation is 2. The van der Waals surface area contributed by atoms with Gasteiger partial charge in [0.15, 0.2) is 5.69 Å². The summed E-state index contributed by atoms with van der Waals surface area (Å²) >= 11 is 2.63. The number of nitrogens with zero attached hydrogens (tertiary/aromatic N) is 7. The second-order valence-electron chi connectivity index (χ2n) is 13.9. The van der Waals surface area contributed by atoms with Gasteiger partial charge in [-0.3, -0.25) is 14.9 Å². The van der Waals surface area contributed by atoms with Gasteiger partial charge in [-0.05, 0) is 77.6 Å². The maximum atomic E-state index is 13.6. The minimum absolute atomic E-state index is 0.252. The number of benzene rings is 4. The average molecular weight is 828 g/mol. The first kappa shape index (κ1) is 39.6. The summed E-state index contributed by atoms with van der Waals surface area (Å²) in [5.41, 5.74) is 7.82. The molecule has 14 nitrogen and oxygen atoms in total. The number of ether oxygens (including phenoxy) is 2. The molecule has 1 atom stereocenters. The Labute approximate surface area is 348 Å². The van der Waals surface area contributed by atoms with Gasteiger partial charge in [0.05, 0.1) is 28.6 Å². The van der Waals surface area contributed by atoms with E-state index in [1.54, 1.807) is 11.8 Å². The zero-order chi connectivity index (χ0) is 40.9. The number of thioether (sulfide) groups is 2. The number of H-pyrrole nitrogens is 1. The van der Waals surface area contributed by atoms with Gasteiger partial charge >= 0.3 is 5.97 Å². The molecular formula is C43H41N9O5S2. The fraction of sp³-hybridized carbons (Fsp3) is 0.256. The molecule has 3 aromatic heterocycles. The van der Waals surface area contributed by atoms with E-state index < -0.39 is 5.25 Å². The first-order valence-corrected chi connectivity index (χ1v) is 21.1. The number of aromatic nitrogens is 8. The number of hydrogen-bond acceptors (Lipinski definition) is 12. The molecule has 1 aliphatic heterocycles. The van der Waals surface area contributed by atoms with Crippen molar-refractivity contribution in [2.45, 2.75) is 62.2 Å². The van der Waals surface area contributed by atoms with Crippen LogP contribution in [0.4, 0.5) is 4.79 Å². The van der Waals surface area contributed by atoms with Gasteiger partial charge in [-0.15, -0.1) is 22.0 Å². The molecule has 2 amide bonds. The predicted octanol–water partition coefficient (Wildman–Crippen LogP) is 7.56. The third-order valence-electron chi connectivity index (χ3n) is 9.98. The highest BCUT2D eigenvalue weighted by molar-refractivity contribution is 8.15. The molecule has 4 heterocycles. The van der Waals surface area contributed by atoms with E-state index in [1.165, 1.54) is 0 Å². The molecule has 300 valence electrons. The van der Waals surface area contributed by atoms with E-state index in [2.05, 4.69) is 63.2 Å². The van der Waals surface area contributed by atoms with Crippen molar-refractivity contribution in [1.82, 2.24) is 45.0 Å². The first-order chi connectivity index (χ1) is 28.8. The number of hydrogen-bond donors (Lipinski definition) is 2. The summed E-state index contributed by atoms with van der Waals surface area (Å²) in [6.45, 7) is 4.90. The maximum absolute atomic E-state index is 13.6. The molecule has 0 aliphatic carbocycles. The number of rotatable bonds is 16. The quantitative estimate of drug-likeness (QED) is 0.0725. The van der Waals surface area contributed by atoms with E-state index in [9.17, 15) is 14.4 Å². The minimum Gasteiger partial charge on any atom is -0.486 e. The number of carbonyl (C=O) groups excluding carboxylic acids is 3. The van der Waals surface area contributed by atoms with Crippen LogP contribution in [-0.4, -0.2) is 68.7 Å². The van der Waals surface area contributed by atoms with Gasteiger partial charge < -0.3 is 18.6 Å². The predicted molar refractivity (Wildman–Crippen MR) is 226 cm³/mol. The third kappa shape index (κ3) is 8.78. The van der Waals surface area contributed by atoms with Gasteiger partial charge in [0, 0.05) is 36.2 Å². The molecule has 1 fully saturated rings. The van der Waals surface area contributed by atoms with Gasteiger partial charge in [0.1, 0.15) is 24.0 Å². The van der Waals surface area contributed by atoms with E-state index in [4.69, 9.17) is 19.4 Å². The molecule has 0 bridgehead atoms. The molecule has 16 heteroatoms. The number of fused-ring (bicyclic) bond motifs is 1. The van der Waals surface area contributed by atoms with Crippen LogP contribution in [0.15, 0.2) is 95.9 Å². The highest BCUT2D eigenvalue weighted by Crippen LogP contribution is 2.32. The largest absolute Gasteiger partial charge is 0.486 e. The van der Waals surface area contributed by atoms with Crippen molar-refractivity contribution in [2.75, 3.05) is 6.61 Å². The second kappa shape index (κ2) is 17.7. The normalized spacial score (nSPS) is 13.9. The average Bonchev–Trinajstić information content (AvgIpc) is 4.04. The molecule has 1 saturated heterocycles. The molecule has 0 radical (unpaired) electrons. The molecule has 8 rings (SSSR count). The Morgan fingerprint density at radius 3 is 2.41 bits per heavy atom. The molecule has 59 heavy (non-hydrogen) atoms. The van der Waals surface area contributed by atoms with Crippen molar-refractivity contribution in [2.24, 2.45) is 7.05 Å². The minimum atomic E-state index is -0.414. The van der Waals surface area contributed by atoms with Crippen LogP contribution >= 0.6 is 23.5 Å². The van der Waals surface area contributed by atoms with Crippen LogP contribution in [-0.2, 0) is 48.3 Å². The lowest BCUT2D eigenvalue weighted by atomic mass is 9.98. The number of amides is 2. The van der Waals surface area contributed by atoms with Gasteiger partial charge in [-0.25, -0.2) is 14.8 Å². The van der Waals surface area contributed by atoms with Gasteiger partial charge in [0.2, 0.25) is 11.7 Å². The summed E-state index contributed by atoms with van der Waals surface area (Å²) in [5.74, 6) is 2.65. The number of aromatic amines is 1. The summed E-state index contributed by atoms with van der Waals surface area (Å²) in [5, 5.41) is 16.2. The summed E-state index contributed by atoms with van der Waals surface area (Å²) in [6, 6.07) is 29.9. The van der Waals surface area contributed by atoms with Crippen molar-refractivity contribution in [3.05, 3.63) is 125 Å². The summed E-state index contributed by atoms with van der Waals surface area (Å²) < 4.78 is 15.7. The number of tetrazole rings is 1. The van der Waals surface area contributed by atoms with Crippen molar-refractivity contribution >= 4 is 51.7 Å². The van der Waals surface area contributed by atoms with Gasteiger partial charge in [-0.2, -0.15) is 5.21 Å². The van der Waals surface area contributed by atoms with Crippen LogP contribution < -0.4 is 10.1 Å². The highest BCUT2D eigenvalue weighted by Gasteiger charge is 2.31. The fourth-order valence-electron chi connectivity index (χ4n) is 7.05. The molecule has 4 aromatic carbocycles. The Hall–Kier alpha value is -6.26.